The van der Waals surface area contributed by atoms with E-state index in [1.165, 1.54) is 18.3 Å². The molecule has 30 heavy (non-hydrogen) atoms. The second kappa shape index (κ2) is 9.02. The van der Waals surface area contributed by atoms with Crippen LogP contribution in [-0.2, 0) is 4.74 Å². The summed E-state index contributed by atoms with van der Waals surface area (Å²) in [5.41, 5.74) is 1.48. The zero-order valence-electron chi connectivity index (χ0n) is 16.5. The number of hydrogen-bond acceptors (Lipinski definition) is 5. The number of ether oxygens (including phenoxy) is 1. The van der Waals surface area contributed by atoms with Crippen molar-refractivity contribution in [2.75, 3.05) is 31.7 Å². The average molecular weight is 431 g/mol. The molecule has 3 heterocycles. The number of anilines is 1. The highest BCUT2D eigenvalue weighted by molar-refractivity contribution is 6.33. The van der Waals surface area contributed by atoms with E-state index in [-0.39, 0.29) is 5.56 Å². The first kappa shape index (κ1) is 20.6. The SMILES string of the molecule is COCC1CCCN(c2cnc(-c3ccc(F)cc3F)c(-c3ccncc3Cl)n2)C1. The molecule has 3 aromatic rings. The number of aromatic nitrogens is 3. The quantitative estimate of drug-likeness (QED) is 0.570. The molecule has 4 rings (SSSR count). The van der Waals surface area contributed by atoms with Gasteiger partial charge < -0.3 is 9.64 Å². The highest BCUT2D eigenvalue weighted by Crippen LogP contribution is 2.36. The molecule has 1 unspecified atom stereocenters. The molecule has 1 atom stereocenters. The van der Waals surface area contributed by atoms with Gasteiger partial charge in [0.2, 0.25) is 0 Å². The molecule has 0 saturated carbocycles. The summed E-state index contributed by atoms with van der Waals surface area (Å²) >= 11 is 6.37. The van der Waals surface area contributed by atoms with E-state index in [4.69, 9.17) is 21.3 Å². The van der Waals surface area contributed by atoms with Gasteiger partial charge in [0.15, 0.2) is 0 Å². The molecule has 0 spiro atoms. The Morgan fingerprint density at radius 1 is 1.17 bits per heavy atom. The molecule has 0 amide bonds. The zero-order valence-corrected chi connectivity index (χ0v) is 17.2. The lowest BCUT2D eigenvalue weighted by Gasteiger charge is -2.33. The molecule has 0 aliphatic carbocycles. The highest BCUT2D eigenvalue weighted by Gasteiger charge is 2.24. The van der Waals surface area contributed by atoms with Crippen LogP contribution in [0.1, 0.15) is 12.8 Å². The van der Waals surface area contributed by atoms with Gasteiger partial charge in [-0.05, 0) is 37.0 Å². The van der Waals surface area contributed by atoms with Crippen molar-refractivity contribution in [2.45, 2.75) is 12.8 Å². The van der Waals surface area contributed by atoms with Crippen LogP contribution in [0.4, 0.5) is 14.6 Å². The monoisotopic (exact) mass is 430 g/mol. The van der Waals surface area contributed by atoms with Gasteiger partial charge in [0, 0.05) is 49.8 Å². The van der Waals surface area contributed by atoms with Gasteiger partial charge in [0.1, 0.15) is 23.1 Å². The maximum atomic E-state index is 14.5. The number of nitrogens with zero attached hydrogens (tertiary/aromatic N) is 4. The topological polar surface area (TPSA) is 51.1 Å². The summed E-state index contributed by atoms with van der Waals surface area (Å²) in [6, 6.07) is 5.11. The number of piperidine rings is 1. The third-order valence-electron chi connectivity index (χ3n) is 5.22. The summed E-state index contributed by atoms with van der Waals surface area (Å²) in [6.45, 7) is 2.34. The normalized spacial score (nSPS) is 16.7. The molecular weight excluding hydrogens is 410 g/mol. The van der Waals surface area contributed by atoms with Crippen LogP contribution in [-0.4, -0.2) is 41.8 Å². The van der Waals surface area contributed by atoms with Crippen molar-refractivity contribution < 1.29 is 13.5 Å². The van der Waals surface area contributed by atoms with Gasteiger partial charge in [0.25, 0.3) is 0 Å². The van der Waals surface area contributed by atoms with Gasteiger partial charge in [-0.15, -0.1) is 0 Å². The average Bonchev–Trinajstić information content (AvgIpc) is 2.74. The molecule has 0 radical (unpaired) electrons. The van der Waals surface area contributed by atoms with Gasteiger partial charge in [-0.2, -0.15) is 0 Å². The predicted octanol–water partition coefficient (Wildman–Crippen LogP) is 5.00. The van der Waals surface area contributed by atoms with Crippen molar-refractivity contribution in [1.29, 1.82) is 0 Å². The molecule has 0 bridgehead atoms. The second-order valence-corrected chi connectivity index (χ2v) is 7.72. The zero-order chi connectivity index (χ0) is 21.1. The minimum absolute atomic E-state index is 0.161. The van der Waals surface area contributed by atoms with Crippen molar-refractivity contribution in [3.05, 3.63) is 59.5 Å². The Balaban J connectivity index is 1.81. The van der Waals surface area contributed by atoms with Crippen LogP contribution in [0.3, 0.4) is 0 Å². The number of rotatable bonds is 5. The Kier molecular flexibility index (Phi) is 6.20. The van der Waals surface area contributed by atoms with Gasteiger partial charge in [-0.3, -0.25) is 4.98 Å². The van der Waals surface area contributed by atoms with E-state index in [9.17, 15) is 8.78 Å². The number of methoxy groups -OCH3 is 1. The molecule has 2 aromatic heterocycles. The van der Waals surface area contributed by atoms with Crippen LogP contribution in [0.5, 0.6) is 0 Å². The van der Waals surface area contributed by atoms with Crippen LogP contribution in [0.25, 0.3) is 22.5 Å². The Bertz CT molecular complexity index is 1050. The van der Waals surface area contributed by atoms with E-state index >= 15 is 0 Å². The molecule has 5 nitrogen and oxygen atoms in total. The fraction of sp³-hybridized carbons (Fsp3) is 0.318. The molecule has 1 aromatic carbocycles. The van der Waals surface area contributed by atoms with Gasteiger partial charge in [-0.1, -0.05) is 11.6 Å². The molecule has 1 fully saturated rings. The number of pyridine rings is 1. The smallest absolute Gasteiger partial charge is 0.147 e. The van der Waals surface area contributed by atoms with E-state index in [0.717, 1.165) is 32.0 Å². The second-order valence-electron chi connectivity index (χ2n) is 7.31. The van der Waals surface area contributed by atoms with Crippen LogP contribution in [0, 0.1) is 17.6 Å². The first-order chi connectivity index (χ1) is 14.6. The van der Waals surface area contributed by atoms with Crippen molar-refractivity contribution in [3.8, 4) is 22.5 Å². The van der Waals surface area contributed by atoms with E-state index in [1.54, 1.807) is 25.6 Å². The molecule has 1 saturated heterocycles. The van der Waals surface area contributed by atoms with Crippen molar-refractivity contribution in [2.24, 2.45) is 5.92 Å². The third-order valence-corrected chi connectivity index (χ3v) is 5.52. The van der Waals surface area contributed by atoms with E-state index in [2.05, 4.69) is 14.9 Å². The van der Waals surface area contributed by atoms with Gasteiger partial charge in [0.05, 0.1) is 23.5 Å². The molecule has 1 aliphatic rings. The van der Waals surface area contributed by atoms with Crippen LogP contribution < -0.4 is 4.90 Å². The third kappa shape index (κ3) is 4.27. The highest BCUT2D eigenvalue weighted by atomic mass is 35.5. The summed E-state index contributed by atoms with van der Waals surface area (Å²) in [5.74, 6) is -0.263. The Labute approximate surface area is 178 Å². The molecule has 8 heteroatoms. The summed E-state index contributed by atoms with van der Waals surface area (Å²) in [6.07, 6.45) is 6.85. The maximum Gasteiger partial charge on any atom is 0.147 e. The summed E-state index contributed by atoms with van der Waals surface area (Å²) < 4.78 is 33.3. The number of halogens is 3. The van der Waals surface area contributed by atoms with Crippen LogP contribution in [0.2, 0.25) is 5.02 Å². The fourth-order valence-corrected chi connectivity index (χ4v) is 4.02. The fourth-order valence-electron chi connectivity index (χ4n) is 3.81. The summed E-state index contributed by atoms with van der Waals surface area (Å²) in [7, 11) is 1.70. The van der Waals surface area contributed by atoms with Gasteiger partial charge in [-0.25, -0.2) is 18.7 Å². The number of benzene rings is 1. The maximum absolute atomic E-state index is 14.5. The van der Waals surface area contributed by atoms with E-state index in [1.807, 2.05) is 0 Å². The Hall–Kier alpha value is -2.64. The largest absolute Gasteiger partial charge is 0.384 e. The number of hydrogen-bond donors (Lipinski definition) is 0. The molecule has 156 valence electrons. The van der Waals surface area contributed by atoms with Crippen molar-refractivity contribution in [1.82, 2.24) is 15.0 Å². The lowest BCUT2D eigenvalue weighted by atomic mass is 9.99. The van der Waals surface area contributed by atoms with E-state index in [0.29, 0.717) is 40.3 Å². The minimum atomic E-state index is -0.707. The Morgan fingerprint density at radius 2 is 2.03 bits per heavy atom. The van der Waals surface area contributed by atoms with E-state index < -0.39 is 11.6 Å². The molecular formula is C22H21ClF2N4O. The lowest BCUT2D eigenvalue weighted by molar-refractivity contribution is 0.143. The van der Waals surface area contributed by atoms with Crippen molar-refractivity contribution >= 4 is 17.4 Å². The summed E-state index contributed by atoms with van der Waals surface area (Å²) in [5, 5.41) is 0.378. The first-order valence-corrected chi connectivity index (χ1v) is 10.1. The Morgan fingerprint density at radius 3 is 2.80 bits per heavy atom. The van der Waals surface area contributed by atoms with Crippen LogP contribution in [0.15, 0.2) is 42.9 Å². The standard InChI is InChI=1S/C22H21ClF2N4O/c1-30-13-14-3-2-8-29(12-14)20-11-27-21(17-5-4-15(24)9-19(17)25)22(28-20)16-6-7-26-10-18(16)23/h4-7,9-11,14H,2-3,8,12-13H2,1H3. The molecule has 1 aliphatic heterocycles. The van der Waals surface area contributed by atoms with Gasteiger partial charge >= 0.3 is 0 Å². The summed E-state index contributed by atoms with van der Waals surface area (Å²) in [4.78, 5) is 15.5. The first-order valence-electron chi connectivity index (χ1n) is 9.73. The molecule has 0 N–H and O–H groups in total. The minimum Gasteiger partial charge on any atom is -0.384 e. The van der Waals surface area contributed by atoms with Crippen molar-refractivity contribution in [3.63, 3.8) is 0 Å². The predicted molar refractivity (Wildman–Crippen MR) is 112 cm³/mol. The lowest BCUT2D eigenvalue weighted by Crippen LogP contribution is -2.37. The van der Waals surface area contributed by atoms with Crippen LogP contribution >= 0.6 is 11.6 Å².